The van der Waals surface area contributed by atoms with Gasteiger partial charge >= 0.3 is 0 Å². The van der Waals surface area contributed by atoms with Crippen LogP contribution in [0.15, 0.2) is 54.6 Å². The van der Waals surface area contributed by atoms with Crippen molar-refractivity contribution in [1.29, 1.82) is 0 Å². The zero-order chi connectivity index (χ0) is 23.8. The van der Waals surface area contributed by atoms with Gasteiger partial charge < -0.3 is 9.80 Å². The molecule has 2 saturated heterocycles. The SMILES string of the molecule is CC(C)C=C(c1ccc(N2CC3CCCCC3C2)cc1)c1ccc(N2CC3CCCCC3C2)cc1. The summed E-state index contributed by atoms with van der Waals surface area (Å²) in [6.07, 6.45) is 14.0. The van der Waals surface area contributed by atoms with Crippen LogP contribution in [0.4, 0.5) is 11.4 Å². The van der Waals surface area contributed by atoms with Crippen molar-refractivity contribution in [2.75, 3.05) is 36.0 Å². The number of allylic oxidation sites excluding steroid dienone is 1. The lowest BCUT2D eigenvalue weighted by Gasteiger charge is -2.22. The largest absolute Gasteiger partial charge is 0.371 e. The molecule has 2 aliphatic carbocycles. The van der Waals surface area contributed by atoms with Crippen LogP contribution in [0.25, 0.3) is 5.57 Å². The molecular formula is C33H44N2. The maximum Gasteiger partial charge on any atom is 0.0366 e. The van der Waals surface area contributed by atoms with Crippen molar-refractivity contribution >= 4 is 16.9 Å². The molecule has 0 radical (unpaired) electrons. The molecule has 0 aromatic heterocycles. The fourth-order valence-corrected chi connectivity index (χ4v) is 7.63. The van der Waals surface area contributed by atoms with Gasteiger partial charge in [-0.25, -0.2) is 0 Å². The van der Waals surface area contributed by atoms with Crippen molar-refractivity contribution in [3.05, 3.63) is 65.7 Å². The Kier molecular flexibility index (Phi) is 6.65. The van der Waals surface area contributed by atoms with Crippen LogP contribution in [0.3, 0.4) is 0 Å². The molecule has 2 nitrogen and oxygen atoms in total. The predicted octanol–water partition coefficient (Wildman–Crippen LogP) is 8.03. The van der Waals surface area contributed by atoms with E-state index in [4.69, 9.17) is 0 Å². The van der Waals surface area contributed by atoms with Crippen molar-refractivity contribution in [2.45, 2.75) is 65.2 Å². The number of hydrogen-bond donors (Lipinski definition) is 0. The zero-order valence-corrected chi connectivity index (χ0v) is 22.0. The first-order chi connectivity index (χ1) is 17.1. The molecule has 0 bridgehead atoms. The molecule has 4 fully saturated rings. The second-order valence-corrected chi connectivity index (χ2v) is 12.3. The minimum absolute atomic E-state index is 0.521. The smallest absolute Gasteiger partial charge is 0.0366 e. The fourth-order valence-electron chi connectivity index (χ4n) is 7.63. The molecule has 4 atom stereocenters. The number of anilines is 2. The maximum absolute atomic E-state index is 2.65. The standard InChI is InChI=1S/C33H44N2/c1-24(2)19-33(25-11-15-31(16-12-25)34-20-27-7-3-4-8-28(27)21-34)26-13-17-32(18-14-26)35-22-29-9-5-6-10-30(29)23-35/h11-19,24,27-30H,3-10,20-23H2,1-2H3. The Labute approximate surface area is 213 Å². The van der Waals surface area contributed by atoms with Crippen LogP contribution in [0.5, 0.6) is 0 Å². The first kappa shape index (κ1) is 23.2. The van der Waals surface area contributed by atoms with Gasteiger partial charge in [-0.15, -0.1) is 0 Å². The van der Waals surface area contributed by atoms with Crippen molar-refractivity contribution < 1.29 is 0 Å². The Hall–Kier alpha value is -2.22. The lowest BCUT2D eigenvalue weighted by atomic mass is 9.82. The van der Waals surface area contributed by atoms with E-state index in [1.165, 1.54) is 106 Å². The third-order valence-corrected chi connectivity index (χ3v) is 9.54. The van der Waals surface area contributed by atoms with Gasteiger partial charge in [-0.05, 0) is 96.2 Å². The quantitative estimate of drug-likeness (QED) is 0.438. The van der Waals surface area contributed by atoms with Crippen molar-refractivity contribution in [1.82, 2.24) is 0 Å². The number of nitrogens with zero attached hydrogens (tertiary/aromatic N) is 2. The Morgan fingerprint density at radius 1 is 0.600 bits per heavy atom. The summed E-state index contributed by atoms with van der Waals surface area (Å²) in [6.45, 7) is 9.63. The highest BCUT2D eigenvalue weighted by Crippen LogP contribution is 2.40. The molecular weight excluding hydrogens is 424 g/mol. The van der Waals surface area contributed by atoms with E-state index in [0.29, 0.717) is 5.92 Å². The van der Waals surface area contributed by atoms with Gasteiger partial charge in [0.05, 0.1) is 0 Å². The van der Waals surface area contributed by atoms with Crippen LogP contribution in [-0.4, -0.2) is 26.2 Å². The summed E-state index contributed by atoms with van der Waals surface area (Å²) in [7, 11) is 0. The lowest BCUT2D eigenvalue weighted by molar-refractivity contribution is 0.299. The molecule has 6 rings (SSSR count). The second kappa shape index (κ2) is 10.0. The molecule has 2 heterocycles. The molecule has 0 amide bonds. The molecule has 4 aliphatic rings. The second-order valence-electron chi connectivity index (χ2n) is 12.3. The van der Waals surface area contributed by atoms with Gasteiger partial charge in [0.15, 0.2) is 0 Å². The highest BCUT2D eigenvalue weighted by molar-refractivity contribution is 5.81. The normalized spacial score (nSPS) is 28.2. The number of rotatable bonds is 5. The molecule has 4 unspecified atom stereocenters. The molecule has 186 valence electrons. The highest BCUT2D eigenvalue weighted by Gasteiger charge is 2.35. The minimum atomic E-state index is 0.521. The number of fused-ring (bicyclic) bond motifs is 2. The predicted molar refractivity (Wildman–Crippen MR) is 150 cm³/mol. The van der Waals surface area contributed by atoms with Crippen molar-refractivity contribution in [3.8, 4) is 0 Å². The van der Waals surface area contributed by atoms with Crippen LogP contribution >= 0.6 is 0 Å². The summed E-state index contributed by atoms with van der Waals surface area (Å²) in [5.41, 5.74) is 6.90. The van der Waals surface area contributed by atoms with Crippen molar-refractivity contribution in [3.63, 3.8) is 0 Å². The van der Waals surface area contributed by atoms with Crippen LogP contribution in [0.1, 0.15) is 76.3 Å². The van der Waals surface area contributed by atoms with Gasteiger partial charge in [0.2, 0.25) is 0 Å². The van der Waals surface area contributed by atoms with Gasteiger partial charge in [-0.3, -0.25) is 0 Å². The van der Waals surface area contributed by atoms with E-state index in [0.717, 1.165) is 23.7 Å². The lowest BCUT2D eigenvalue weighted by Crippen LogP contribution is -2.19. The van der Waals surface area contributed by atoms with E-state index in [9.17, 15) is 0 Å². The summed E-state index contributed by atoms with van der Waals surface area (Å²) in [4.78, 5) is 5.30. The molecule has 2 aromatic rings. The summed E-state index contributed by atoms with van der Waals surface area (Å²) < 4.78 is 0. The van der Waals surface area contributed by atoms with Crippen molar-refractivity contribution in [2.24, 2.45) is 29.6 Å². The van der Waals surface area contributed by atoms with E-state index in [-0.39, 0.29) is 0 Å². The summed E-state index contributed by atoms with van der Waals surface area (Å²) in [6, 6.07) is 19.0. The van der Waals surface area contributed by atoms with E-state index in [2.05, 4.69) is 78.3 Å². The van der Waals surface area contributed by atoms with Gasteiger partial charge in [0, 0.05) is 37.6 Å². The summed E-state index contributed by atoms with van der Waals surface area (Å²) in [5, 5.41) is 0. The van der Waals surface area contributed by atoms with E-state index < -0.39 is 0 Å². The molecule has 2 heteroatoms. The Balaban J connectivity index is 1.18. The topological polar surface area (TPSA) is 6.48 Å². The molecule has 35 heavy (non-hydrogen) atoms. The average Bonchev–Trinajstić information content (AvgIpc) is 3.52. The van der Waals surface area contributed by atoms with E-state index >= 15 is 0 Å². The van der Waals surface area contributed by atoms with Crippen LogP contribution < -0.4 is 9.80 Å². The fraction of sp³-hybridized carbons (Fsp3) is 0.576. The van der Waals surface area contributed by atoms with E-state index in [1.54, 1.807) is 0 Å². The van der Waals surface area contributed by atoms with Crippen LogP contribution in [0, 0.1) is 29.6 Å². The first-order valence-electron chi connectivity index (χ1n) is 14.6. The number of benzene rings is 2. The third kappa shape index (κ3) is 4.91. The first-order valence-corrected chi connectivity index (χ1v) is 14.6. The molecule has 2 saturated carbocycles. The van der Waals surface area contributed by atoms with E-state index in [1.807, 2.05) is 0 Å². The van der Waals surface area contributed by atoms with Gasteiger partial charge in [-0.2, -0.15) is 0 Å². The minimum Gasteiger partial charge on any atom is -0.371 e. The zero-order valence-electron chi connectivity index (χ0n) is 22.0. The third-order valence-electron chi connectivity index (χ3n) is 9.54. The summed E-state index contributed by atoms with van der Waals surface area (Å²) in [5.74, 6) is 4.24. The molecule has 2 aliphatic heterocycles. The Morgan fingerprint density at radius 2 is 0.943 bits per heavy atom. The maximum atomic E-state index is 2.65. The molecule has 2 aromatic carbocycles. The van der Waals surface area contributed by atoms with Gasteiger partial charge in [0.1, 0.15) is 0 Å². The molecule has 0 spiro atoms. The van der Waals surface area contributed by atoms with Gasteiger partial charge in [0.25, 0.3) is 0 Å². The summed E-state index contributed by atoms with van der Waals surface area (Å²) >= 11 is 0. The molecule has 0 N–H and O–H groups in total. The Bertz CT molecular complexity index is 913. The van der Waals surface area contributed by atoms with Gasteiger partial charge in [-0.1, -0.05) is 69.9 Å². The number of hydrogen-bond acceptors (Lipinski definition) is 2. The highest BCUT2D eigenvalue weighted by atomic mass is 15.2. The average molecular weight is 469 g/mol. The van der Waals surface area contributed by atoms with Crippen LogP contribution in [0.2, 0.25) is 0 Å². The monoisotopic (exact) mass is 468 g/mol. The van der Waals surface area contributed by atoms with Crippen LogP contribution in [-0.2, 0) is 0 Å². The Morgan fingerprint density at radius 3 is 1.26 bits per heavy atom.